The van der Waals surface area contributed by atoms with Crippen LogP contribution in [-0.4, -0.2) is 4.98 Å². The van der Waals surface area contributed by atoms with Crippen molar-refractivity contribution in [3.05, 3.63) is 37.6 Å². The van der Waals surface area contributed by atoms with Crippen LogP contribution in [0, 0.1) is 5.82 Å². The Balaban J connectivity index is 2.95. The zero-order valence-electron chi connectivity index (χ0n) is 6.69. The lowest BCUT2D eigenvalue weighted by Gasteiger charge is -2.04. The van der Waals surface area contributed by atoms with E-state index < -0.39 is 0 Å². The standard InChI is InChI=1S/C9H3Br3FN/c10-6-2-4(13)1-5-8(12)7(11)3-14-9(5)6/h1-3H. The van der Waals surface area contributed by atoms with Gasteiger partial charge >= 0.3 is 0 Å². The van der Waals surface area contributed by atoms with Gasteiger partial charge in [-0.1, -0.05) is 0 Å². The average Bonchev–Trinajstić information content (AvgIpc) is 2.12. The maximum absolute atomic E-state index is 13.1. The SMILES string of the molecule is Fc1cc(Br)c2ncc(Br)c(Br)c2c1. The summed E-state index contributed by atoms with van der Waals surface area (Å²) in [6, 6.07) is 2.84. The van der Waals surface area contributed by atoms with Gasteiger partial charge in [0.25, 0.3) is 0 Å². The van der Waals surface area contributed by atoms with Gasteiger partial charge in [-0.25, -0.2) is 4.39 Å². The molecule has 1 aromatic heterocycles. The second kappa shape index (κ2) is 3.87. The van der Waals surface area contributed by atoms with Gasteiger partial charge in [0, 0.05) is 20.5 Å². The Labute approximate surface area is 105 Å². The van der Waals surface area contributed by atoms with Crippen molar-refractivity contribution in [3.63, 3.8) is 0 Å². The molecule has 0 amide bonds. The molecular formula is C9H3Br3FN. The summed E-state index contributed by atoms with van der Waals surface area (Å²) in [5.74, 6) is -0.287. The fourth-order valence-electron chi connectivity index (χ4n) is 1.17. The Morgan fingerprint density at radius 2 is 1.79 bits per heavy atom. The molecule has 0 unspecified atom stereocenters. The molecule has 1 nitrogen and oxygen atoms in total. The number of halogens is 4. The van der Waals surface area contributed by atoms with Crippen LogP contribution in [0.5, 0.6) is 0 Å². The van der Waals surface area contributed by atoms with Crippen LogP contribution < -0.4 is 0 Å². The van der Waals surface area contributed by atoms with Crippen molar-refractivity contribution >= 4 is 58.7 Å². The third-order valence-corrected chi connectivity index (χ3v) is 4.37. The first-order chi connectivity index (χ1) is 6.59. The van der Waals surface area contributed by atoms with E-state index in [-0.39, 0.29) is 5.82 Å². The zero-order valence-corrected chi connectivity index (χ0v) is 11.4. The molecule has 0 spiro atoms. The number of fused-ring (bicyclic) bond motifs is 1. The van der Waals surface area contributed by atoms with Crippen LogP contribution >= 0.6 is 47.8 Å². The first kappa shape index (κ1) is 10.5. The topological polar surface area (TPSA) is 12.9 Å². The Morgan fingerprint density at radius 1 is 1.07 bits per heavy atom. The van der Waals surface area contributed by atoms with Crippen molar-refractivity contribution in [1.29, 1.82) is 0 Å². The van der Waals surface area contributed by atoms with E-state index >= 15 is 0 Å². The quantitative estimate of drug-likeness (QED) is 0.644. The van der Waals surface area contributed by atoms with Gasteiger partial charge in [0.2, 0.25) is 0 Å². The summed E-state index contributed by atoms with van der Waals surface area (Å²) in [7, 11) is 0. The molecule has 72 valence electrons. The van der Waals surface area contributed by atoms with Crippen molar-refractivity contribution in [2.24, 2.45) is 0 Å². The third-order valence-electron chi connectivity index (χ3n) is 1.78. The van der Waals surface area contributed by atoms with E-state index in [1.54, 1.807) is 6.20 Å². The molecule has 0 radical (unpaired) electrons. The Morgan fingerprint density at radius 3 is 2.50 bits per heavy atom. The molecule has 1 heterocycles. The number of nitrogens with zero attached hydrogens (tertiary/aromatic N) is 1. The summed E-state index contributed by atoms with van der Waals surface area (Å²) in [6.45, 7) is 0. The Bertz CT molecular complexity index is 513. The van der Waals surface area contributed by atoms with Gasteiger partial charge < -0.3 is 0 Å². The molecule has 5 heteroatoms. The normalized spacial score (nSPS) is 10.9. The fraction of sp³-hybridized carbons (Fsp3) is 0. The molecule has 1 aromatic carbocycles. The summed E-state index contributed by atoms with van der Waals surface area (Å²) in [4.78, 5) is 4.19. The molecule has 0 atom stereocenters. The van der Waals surface area contributed by atoms with Crippen LogP contribution in [0.15, 0.2) is 31.7 Å². The molecule has 0 saturated carbocycles. The zero-order chi connectivity index (χ0) is 10.3. The predicted molar refractivity (Wildman–Crippen MR) is 64.8 cm³/mol. The van der Waals surface area contributed by atoms with Crippen LogP contribution in [0.1, 0.15) is 0 Å². The minimum absolute atomic E-state index is 0.287. The van der Waals surface area contributed by atoms with Gasteiger partial charge in [-0.2, -0.15) is 0 Å². The molecule has 0 saturated heterocycles. The Kier molecular flexibility index (Phi) is 2.91. The molecule has 0 aliphatic heterocycles. The first-order valence-electron chi connectivity index (χ1n) is 3.68. The Hall–Kier alpha value is -0.000000000000000111. The molecular weight excluding hydrogens is 381 g/mol. The molecule has 14 heavy (non-hydrogen) atoms. The summed E-state index contributed by atoms with van der Waals surface area (Å²) in [5, 5.41) is 0.742. The molecule has 0 fully saturated rings. The summed E-state index contributed by atoms with van der Waals surface area (Å²) in [6.07, 6.45) is 1.68. The van der Waals surface area contributed by atoms with Crippen LogP contribution in [-0.2, 0) is 0 Å². The number of aromatic nitrogens is 1. The van der Waals surface area contributed by atoms with Crippen LogP contribution in [0.3, 0.4) is 0 Å². The second-order valence-electron chi connectivity index (χ2n) is 2.70. The predicted octanol–water partition coefficient (Wildman–Crippen LogP) is 4.66. The largest absolute Gasteiger partial charge is 0.254 e. The number of hydrogen-bond donors (Lipinski definition) is 0. The average molecular weight is 384 g/mol. The van der Waals surface area contributed by atoms with Gasteiger partial charge in [0.1, 0.15) is 5.82 Å². The van der Waals surface area contributed by atoms with Gasteiger partial charge in [0.05, 0.1) is 9.99 Å². The molecule has 0 aliphatic rings. The summed E-state index contributed by atoms with van der Waals surface area (Å²) < 4.78 is 15.4. The van der Waals surface area contributed by atoms with Crippen molar-refractivity contribution in [2.75, 3.05) is 0 Å². The van der Waals surface area contributed by atoms with Crippen LogP contribution in [0.25, 0.3) is 10.9 Å². The van der Waals surface area contributed by atoms with Gasteiger partial charge in [-0.05, 0) is 59.9 Å². The van der Waals surface area contributed by atoms with Crippen LogP contribution in [0.2, 0.25) is 0 Å². The number of rotatable bonds is 0. The van der Waals surface area contributed by atoms with E-state index in [1.165, 1.54) is 12.1 Å². The smallest absolute Gasteiger partial charge is 0.125 e. The molecule has 2 aromatic rings. The lowest BCUT2D eigenvalue weighted by atomic mass is 10.2. The number of pyridine rings is 1. The number of benzene rings is 1. The van der Waals surface area contributed by atoms with E-state index in [0.29, 0.717) is 4.47 Å². The van der Waals surface area contributed by atoms with Crippen molar-refractivity contribution in [3.8, 4) is 0 Å². The van der Waals surface area contributed by atoms with Crippen molar-refractivity contribution in [2.45, 2.75) is 0 Å². The molecule has 0 N–H and O–H groups in total. The van der Waals surface area contributed by atoms with Crippen LogP contribution in [0.4, 0.5) is 4.39 Å². The number of hydrogen-bond acceptors (Lipinski definition) is 1. The maximum Gasteiger partial charge on any atom is 0.125 e. The molecule has 0 bridgehead atoms. The van der Waals surface area contributed by atoms with Crippen molar-refractivity contribution < 1.29 is 4.39 Å². The highest BCUT2D eigenvalue weighted by Crippen LogP contribution is 2.33. The van der Waals surface area contributed by atoms with Gasteiger partial charge in [0.15, 0.2) is 0 Å². The minimum atomic E-state index is -0.287. The van der Waals surface area contributed by atoms with E-state index in [2.05, 4.69) is 52.8 Å². The lowest BCUT2D eigenvalue weighted by Crippen LogP contribution is -1.85. The second-order valence-corrected chi connectivity index (χ2v) is 5.21. The highest BCUT2D eigenvalue weighted by Gasteiger charge is 2.08. The summed E-state index contributed by atoms with van der Waals surface area (Å²) in [5.41, 5.74) is 0.737. The van der Waals surface area contributed by atoms with E-state index in [9.17, 15) is 4.39 Å². The highest BCUT2D eigenvalue weighted by molar-refractivity contribution is 9.13. The molecule has 2 rings (SSSR count). The minimum Gasteiger partial charge on any atom is -0.254 e. The highest BCUT2D eigenvalue weighted by atomic mass is 79.9. The van der Waals surface area contributed by atoms with Crippen molar-refractivity contribution in [1.82, 2.24) is 4.98 Å². The molecule has 0 aliphatic carbocycles. The van der Waals surface area contributed by atoms with E-state index in [1.807, 2.05) is 0 Å². The maximum atomic E-state index is 13.1. The van der Waals surface area contributed by atoms with E-state index in [4.69, 9.17) is 0 Å². The third kappa shape index (κ3) is 1.73. The van der Waals surface area contributed by atoms with E-state index in [0.717, 1.165) is 19.8 Å². The van der Waals surface area contributed by atoms with Gasteiger partial charge in [-0.3, -0.25) is 4.98 Å². The fourth-order valence-corrected chi connectivity index (χ4v) is 2.43. The summed E-state index contributed by atoms with van der Waals surface area (Å²) >= 11 is 9.96. The monoisotopic (exact) mass is 381 g/mol. The lowest BCUT2D eigenvalue weighted by molar-refractivity contribution is 0.629. The van der Waals surface area contributed by atoms with Gasteiger partial charge in [-0.15, -0.1) is 0 Å². The first-order valence-corrected chi connectivity index (χ1v) is 6.06.